The van der Waals surface area contributed by atoms with Crippen LogP contribution in [0, 0.1) is 5.92 Å². The quantitative estimate of drug-likeness (QED) is 0.743. The number of likely N-dealkylation sites (tertiary alicyclic amines) is 1. The molecule has 0 aromatic heterocycles. The maximum Gasteiger partial charge on any atom is 0.321 e. The second-order valence-electron chi connectivity index (χ2n) is 4.66. The van der Waals surface area contributed by atoms with E-state index in [1.165, 1.54) is 24.8 Å². The maximum absolute atomic E-state index is 11.7. The fraction of sp³-hybridized carbons (Fsp3) is 0.750. The van der Waals surface area contributed by atoms with Crippen LogP contribution >= 0.6 is 0 Å². The number of carbonyl (C=O) groups is 1. The summed E-state index contributed by atoms with van der Waals surface area (Å²) in [6.07, 6.45) is 8.05. The van der Waals surface area contributed by atoms with Crippen LogP contribution in [-0.4, -0.2) is 24.0 Å². The summed E-state index contributed by atoms with van der Waals surface area (Å²) >= 11 is 0. The van der Waals surface area contributed by atoms with Gasteiger partial charge < -0.3 is 10.2 Å². The molecule has 0 radical (unpaired) electrons. The van der Waals surface area contributed by atoms with Crippen LogP contribution in [0.3, 0.4) is 0 Å². The Morgan fingerprint density at radius 3 is 2.53 bits per heavy atom. The second kappa shape index (κ2) is 4.69. The number of hydrogen-bond donors (Lipinski definition) is 1. The van der Waals surface area contributed by atoms with Gasteiger partial charge in [0.2, 0.25) is 0 Å². The molecule has 3 heteroatoms. The summed E-state index contributed by atoms with van der Waals surface area (Å²) < 4.78 is 0. The van der Waals surface area contributed by atoms with Gasteiger partial charge in [-0.1, -0.05) is 5.57 Å². The normalized spacial score (nSPS) is 22.7. The molecule has 2 fully saturated rings. The number of carbonyl (C=O) groups excluding carboxylic acids is 1. The highest BCUT2D eigenvalue weighted by Gasteiger charge is 2.23. The van der Waals surface area contributed by atoms with Crippen molar-refractivity contribution in [2.45, 2.75) is 39.0 Å². The largest absolute Gasteiger partial charge is 0.325 e. The van der Waals surface area contributed by atoms with Crippen molar-refractivity contribution in [3.05, 3.63) is 11.8 Å². The van der Waals surface area contributed by atoms with Gasteiger partial charge in [-0.3, -0.25) is 0 Å². The number of rotatable bonds is 2. The third kappa shape index (κ3) is 2.98. The lowest BCUT2D eigenvalue weighted by Crippen LogP contribution is -2.40. The van der Waals surface area contributed by atoms with Gasteiger partial charge in [0.05, 0.1) is 0 Å². The highest BCUT2D eigenvalue weighted by atomic mass is 16.2. The van der Waals surface area contributed by atoms with E-state index in [1.807, 2.05) is 11.1 Å². The zero-order chi connectivity index (χ0) is 10.7. The Labute approximate surface area is 91.5 Å². The predicted octanol–water partition coefficient (Wildman–Crippen LogP) is 2.50. The van der Waals surface area contributed by atoms with Gasteiger partial charge in [-0.15, -0.1) is 0 Å². The molecule has 1 heterocycles. The molecular formula is C12H20N2O. The number of amides is 2. The molecule has 1 aliphatic heterocycles. The molecule has 3 nitrogen and oxygen atoms in total. The van der Waals surface area contributed by atoms with Gasteiger partial charge >= 0.3 is 6.03 Å². The van der Waals surface area contributed by atoms with Crippen molar-refractivity contribution in [3.8, 4) is 0 Å². The van der Waals surface area contributed by atoms with E-state index in [4.69, 9.17) is 0 Å². The molecule has 2 rings (SSSR count). The van der Waals surface area contributed by atoms with E-state index < -0.39 is 0 Å². The molecular weight excluding hydrogens is 188 g/mol. The van der Waals surface area contributed by atoms with E-state index >= 15 is 0 Å². The Kier molecular flexibility index (Phi) is 3.29. The molecule has 2 aliphatic rings. The molecule has 0 aromatic rings. The Morgan fingerprint density at radius 2 is 1.93 bits per heavy atom. The second-order valence-corrected chi connectivity index (χ2v) is 4.66. The van der Waals surface area contributed by atoms with Crippen LogP contribution in [0.2, 0.25) is 0 Å². The summed E-state index contributed by atoms with van der Waals surface area (Å²) in [5.74, 6) is 0.742. The monoisotopic (exact) mass is 208 g/mol. The van der Waals surface area contributed by atoms with Gasteiger partial charge in [-0.2, -0.15) is 0 Å². The van der Waals surface area contributed by atoms with Crippen LogP contribution in [0.4, 0.5) is 4.79 Å². The van der Waals surface area contributed by atoms with E-state index in [9.17, 15) is 4.79 Å². The molecule has 84 valence electrons. The SMILES string of the molecule is C/C(=C\NC(=O)N1CCCCC1)C1CC1. The number of urea groups is 1. The topological polar surface area (TPSA) is 32.3 Å². The molecule has 1 N–H and O–H groups in total. The van der Waals surface area contributed by atoms with Gasteiger partial charge in [0.25, 0.3) is 0 Å². The van der Waals surface area contributed by atoms with E-state index in [0.717, 1.165) is 31.8 Å². The van der Waals surface area contributed by atoms with E-state index in [2.05, 4.69) is 12.2 Å². The molecule has 0 spiro atoms. The first-order valence-electron chi connectivity index (χ1n) is 5.99. The van der Waals surface area contributed by atoms with E-state index in [0.29, 0.717) is 0 Å². The number of nitrogens with one attached hydrogen (secondary N) is 1. The zero-order valence-electron chi connectivity index (χ0n) is 9.46. The van der Waals surface area contributed by atoms with Crippen molar-refractivity contribution in [2.75, 3.05) is 13.1 Å². The molecule has 0 bridgehead atoms. The van der Waals surface area contributed by atoms with Crippen molar-refractivity contribution in [2.24, 2.45) is 5.92 Å². The molecule has 1 saturated carbocycles. The minimum absolute atomic E-state index is 0.0784. The minimum atomic E-state index is 0.0784. The van der Waals surface area contributed by atoms with Crippen LogP contribution in [0.1, 0.15) is 39.0 Å². The van der Waals surface area contributed by atoms with Gasteiger partial charge in [0.15, 0.2) is 0 Å². The first-order valence-corrected chi connectivity index (χ1v) is 5.99. The summed E-state index contributed by atoms with van der Waals surface area (Å²) in [7, 11) is 0. The number of hydrogen-bond acceptors (Lipinski definition) is 1. The molecule has 0 aromatic carbocycles. The Hall–Kier alpha value is -0.990. The van der Waals surface area contributed by atoms with Gasteiger partial charge in [-0.25, -0.2) is 4.79 Å². The lowest BCUT2D eigenvalue weighted by atomic mass is 10.1. The molecule has 1 saturated heterocycles. The molecule has 15 heavy (non-hydrogen) atoms. The molecule has 0 unspecified atom stereocenters. The first kappa shape index (κ1) is 10.5. The van der Waals surface area contributed by atoms with Crippen molar-refractivity contribution < 1.29 is 4.79 Å². The molecule has 1 aliphatic carbocycles. The van der Waals surface area contributed by atoms with Crippen LogP contribution in [0.25, 0.3) is 0 Å². The number of allylic oxidation sites excluding steroid dienone is 1. The molecule has 2 amide bonds. The summed E-state index contributed by atoms with van der Waals surface area (Å²) in [5, 5.41) is 2.90. The fourth-order valence-corrected chi connectivity index (χ4v) is 2.02. The third-order valence-electron chi connectivity index (χ3n) is 3.29. The standard InChI is InChI=1S/C12H20N2O/c1-10(11-5-6-11)9-13-12(15)14-7-3-2-4-8-14/h9,11H,2-8H2,1H3,(H,13,15)/b10-9+. The van der Waals surface area contributed by atoms with Crippen molar-refractivity contribution in [1.82, 2.24) is 10.2 Å². The Morgan fingerprint density at radius 1 is 1.27 bits per heavy atom. The number of piperidine rings is 1. The highest BCUT2D eigenvalue weighted by Crippen LogP contribution is 2.35. The molecule has 0 atom stereocenters. The van der Waals surface area contributed by atoms with Gasteiger partial charge in [0, 0.05) is 19.3 Å². The number of nitrogens with zero attached hydrogens (tertiary/aromatic N) is 1. The minimum Gasteiger partial charge on any atom is -0.325 e. The van der Waals surface area contributed by atoms with Crippen LogP contribution in [0.15, 0.2) is 11.8 Å². The summed E-state index contributed by atoms with van der Waals surface area (Å²) in [4.78, 5) is 13.6. The smallest absolute Gasteiger partial charge is 0.321 e. The fourth-order valence-electron chi connectivity index (χ4n) is 2.02. The van der Waals surface area contributed by atoms with Gasteiger partial charge in [0.1, 0.15) is 0 Å². The van der Waals surface area contributed by atoms with Crippen molar-refractivity contribution in [3.63, 3.8) is 0 Å². The predicted molar refractivity (Wildman–Crippen MR) is 60.4 cm³/mol. The van der Waals surface area contributed by atoms with Gasteiger partial charge in [-0.05, 0) is 44.9 Å². The summed E-state index contributed by atoms with van der Waals surface area (Å²) in [6, 6.07) is 0.0784. The third-order valence-corrected chi connectivity index (χ3v) is 3.29. The van der Waals surface area contributed by atoms with Crippen LogP contribution in [0.5, 0.6) is 0 Å². The Bertz CT molecular complexity index is 263. The van der Waals surface area contributed by atoms with Crippen LogP contribution in [-0.2, 0) is 0 Å². The van der Waals surface area contributed by atoms with E-state index in [-0.39, 0.29) is 6.03 Å². The average Bonchev–Trinajstić information content (AvgIpc) is 3.10. The lowest BCUT2D eigenvalue weighted by molar-refractivity contribution is 0.190. The van der Waals surface area contributed by atoms with Crippen molar-refractivity contribution >= 4 is 6.03 Å². The summed E-state index contributed by atoms with van der Waals surface area (Å²) in [5.41, 5.74) is 1.32. The lowest BCUT2D eigenvalue weighted by Gasteiger charge is -2.26. The van der Waals surface area contributed by atoms with Crippen molar-refractivity contribution in [1.29, 1.82) is 0 Å². The maximum atomic E-state index is 11.7. The highest BCUT2D eigenvalue weighted by molar-refractivity contribution is 5.75. The first-order chi connectivity index (χ1) is 7.27. The Balaban J connectivity index is 1.77. The average molecular weight is 208 g/mol. The van der Waals surface area contributed by atoms with E-state index in [1.54, 1.807) is 0 Å². The zero-order valence-corrected chi connectivity index (χ0v) is 9.46. The summed E-state index contributed by atoms with van der Waals surface area (Å²) in [6.45, 7) is 3.94. The van der Waals surface area contributed by atoms with Crippen LogP contribution < -0.4 is 5.32 Å².